The van der Waals surface area contributed by atoms with Crippen LogP contribution >= 0.6 is 11.3 Å². The number of aromatic nitrogens is 2. The lowest BCUT2D eigenvalue weighted by Crippen LogP contribution is -2.46. The second kappa shape index (κ2) is 9.45. The average Bonchev–Trinajstić information content (AvgIpc) is 3.24. The standard InChI is InChI=1S/C21H26N4O3S/c26-20-13-24(21(27)19-10-23-15-29-19)11-18(28-14-16-5-4-8-22-9-16)12-25(20)17-6-2-1-3-7-17/h4-5,8-10,15,17-18H,1-3,6-7,11-14H2. The minimum atomic E-state index is -0.236. The summed E-state index contributed by atoms with van der Waals surface area (Å²) in [4.78, 5) is 38.3. The summed E-state index contributed by atoms with van der Waals surface area (Å²) in [6, 6.07) is 4.09. The lowest BCUT2D eigenvalue weighted by molar-refractivity contribution is -0.134. The number of carbonyl (C=O) groups excluding carboxylic acids is 2. The maximum absolute atomic E-state index is 13.1. The van der Waals surface area contributed by atoms with Crippen LogP contribution in [-0.2, 0) is 16.1 Å². The number of hydrogen-bond donors (Lipinski definition) is 0. The fourth-order valence-corrected chi connectivity index (χ4v) is 4.71. The summed E-state index contributed by atoms with van der Waals surface area (Å²) in [5, 5.41) is 0. The molecular formula is C21H26N4O3S. The van der Waals surface area contributed by atoms with Gasteiger partial charge in [0.05, 0.1) is 24.4 Å². The lowest BCUT2D eigenvalue weighted by atomic mass is 9.94. The molecule has 1 aliphatic carbocycles. The molecule has 29 heavy (non-hydrogen) atoms. The molecule has 7 nitrogen and oxygen atoms in total. The zero-order valence-corrected chi connectivity index (χ0v) is 17.2. The molecule has 2 aliphatic rings. The lowest BCUT2D eigenvalue weighted by Gasteiger charge is -2.34. The van der Waals surface area contributed by atoms with Gasteiger partial charge in [0, 0.05) is 31.5 Å². The molecule has 1 unspecified atom stereocenters. The van der Waals surface area contributed by atoms with Crippen LogP contribution in [0.4, 0.5) is 0 Å². The van der Waals surface area contributed by atoms with E-state index >= 15 is 0 Å². The van der Waals surface area contributed by atoms with Gasteiger partial charge in [-0.2, -0.15) is 0 Å². The van der Waals surface area contributed by atoms with Crippen LogP contribution in [0, 0.1) is 0 Å². The van der Waals surface area contributed by atoms with Crippen LogP contribution in [0.15, 0.2) is 36.2 Å². The Morgan fingerprint density at radius 2 is 2.03 bits per heavy atom. The summed E-state index contributed by atoms with van der Waals surface area (Å²) < 4.78 is 6.18. The van der Waals surface area contributed by atoms with E-state index in [9.17, 15) is 9.59 Å². The molecule has 1 saturated carbocycles. The van der Waals surface area contributed by atoms with Crippen LogP contribution in [0.3, 0.4) is 0 Å². The second-order valence-corrected chi connectivity index (χ2v) is 8.57. The quantitative estimate of drug-likeness (QED) is 0.752. The van der Waals surface area contributed by atoms with Crippen LogP contribution in [-0.4, -0.2) is 63.4 Å². The molecule has 2 amide bonds. The van der Waals surface area contributed by atoms with Gasteiger partial charge >= 0.3 is 0 Å². The first-order valence-corrected chi connectivity index (χ1v) is 11.1. The molecule has 0 N–H and O–H groups in total. The largest absolute Gasteiger partial charge is 0.370 e. The summed E-state index contributed by atoms with van der Waals surface area (Å²) in [5.41, 5.74) is 2.62. The van der Waals surface area contributed by atoms with Crippen molar-refractivity contribution in [2.45, 2.75) is 50.9 Å². The number of hydrogen-bond acceptors (Lipinski definition) is 6. The molecule has 1 aliphatic heterocycles. The number of rotatable bonds is 5. The molecule has 2 fully saturated rings. The van der Waals surface area contributed by atoms with Crippen molar-refractivity contribution in [1.29, 1.82) is 0 Å². The predicted octanol–water partition coefficient (Wildman–Crippen LogP) is 2.74. The van der Waals surface area contributed by atoms with E-state index in [-0.39, 0.29) is 30.5 Å². The highest BCUT2D eigenvalue weighted by Gasteiger charge is 2.35. The van der Waals surface area contributed by atoms with Gasteiger partial charge in [-0.15, -0.1) is 11.3 Å². The predicted molar refractivity (Wildman–Crippen MR) is 109 cm³/mol. The maximum atomic E-state index is 13.1. The van der Waals surface area contributed by atoms with E-state index in [0.29, 0.717) is 24.6 Å². The molecule has 1 atom stereocenters. The van der Waals surface area contributed by atoms with Gasteiger partial charge in [0.2, 0.25) is 5.91 Å². The van der Waals surface area contributed by atoms with Crippen LogP contribution in [0.1, 0.15) is 47.3 Å². The smallest absolute Gasteiger partial charge is 0.266 e. The highest BCUT2D eigenvalue weighted by atomic mass is 32.1. The highest BCUT2D eigenvalue weighted by Crippen LogP contribution is 2.25. The molecule has 0 radical (unpaired) electrons. The molecule has 2 aromatic heterocycles. The zero-order chi connectivity index (χ0) is 20.1. The maximum Gasteiger partial charge on any atom is 0.266 e. The van der Waals surface area contributed by atoms with Gasteiger partial charge in [0.1, 0.15) is 11.4 Å². The number of carbonyl (C=O) groups is 2. The third-order valence-corrected chi connectivity index (χ3v) is 6.39. The minimum absolute atomic E-state index is 0.0160. The van der Waals surface area contributed by atoms with E-state index < -0.39 is 0 Å². The molecule has 4 rings (SSSR count). The van der Waals surface area contributed by atoms with Crippen LogP contribution < -0.4 is 0 Å². The Kier molecular flexibility index (Phi) is 6.51. The number of ether oxygens (including phenoxy) is 1. The van der Waals surface area contributed by atoms with E-state index in [1.165, 1.54) is 17.8 Å². The monoisotopic (exact) mass is 414 g/mol. The van der Waals surface area contributed by atoms with Crippen molar-refractivity contribution in [3.8, 4) is 0 Å². The van der Waals surface area contributed by atoms with E-state index in [0.717, 1.165) is 31.2 Å². The van der Waals surface area contributed by atoms with Gasteiger partial charge in [-0.05, 0) is 24.5 Å². The van der Waals surface area contributed by atoms with E-state index in [1.807, 2.05) is 17.0 Å². The Bertz CT molecular complexity index is 809. The van der Waals surface area contributed by atoms with Crippen molar-refractivity contribution in [2.24, 2.45) is 0 Å². The van der Waals surface area contributed by atoms with Gasteiger partial charge in [0.25, 0.3) is 5.91 Å². The van der Waals surface area contributed by atoms with Gasteiger partial charge in [-0.3, -0.25) is 19.6 Å². The Morgan fingerprint density at radius 3 is 2.76 bits per heavy atom. The molecular weight excluding hydrogens is 388 g/mol. The Labute approximate surface area is 174 Å². The van der Waals surface area contributed by atoms with E-state index in [1.54, 1.807) is 29.0 Å². The molecule has 3 heterocycles. The fraction of sp³-hybridized carbons (Fsp3) is 0.524. The minimum Gasteiger partial charge on any atom is -0.370 e. The molecule has 1 saturated heterocycles. The number of nitrogens with zero attached hydrogens (tertiary/aromatic N) is 4. The van der Waals surface area contributed by atoms with E-state index in [2.05, 4.69) is 9.97 Å². The summed E-state index contributed by atoms with van der Waals surface area (Å²) in [6.07, 6.45) is 10.4. The third kappa shape index (κ3) is 5.00. The second-order valence-electron chi connectivity index (χ2n) is 7.68. The summed E-state index contributed by atoms with van der Waals surface area (Å²) in [6.45, 7) is 1.43. The van der Waals surface area contributed by atoms with Gasteiger partial charge < -0.3 is 14.5 Å². The molecule has 0 spiro atoms. The number of thiazole rings is 1. The van der Waals surface area contributed by atoms with Crippen molar-refractivity contribution in [3.63, 3.8) is 0 Å². The Morgan fingerprint density at radius 1 is 1.17 bits per heavy atom. The van der Waals surface area contributed by atoms with Gasteiger partial charge in [-0.1, -0.05) is 25.3 Å². The van der Waals surface area contributed by atoms with Crippen molar-refractivity contribution < 1.29 is 14.3 Å². The normalized spacial score (nSPS) is 21.2. The molecule has 2 aromatic rings. The summed E-state index contributed by atoms with van der Waals surface area (Å²) >= 11 is 1.30. The summed E-state index contributed by atoms with van der Waals surface area (Å²) in [7, 11) is 0. The molecule has 0 bridgehead atoms. The first-order chi connectivity index (χ1) is 14.2. The molecule has 154 valence electrons. The van der Waals surface area contributed by atoms with Crippen molar-refractivity contribution in [3.05, 3.63) is 46.7 Å². The number of pyridine rings is 1. The van der Waals surface area contributed by atoms with E-state index in [4.69, 9.17) is 4.74 Å². The van der Waals surface area contributed by atoms with Gasteiger partial charge in [0.15, 0.2) is 0 Å². The topological polar surface area (TPSA) is 75.6 Å². The van der Waals surface area contributed by atoms with Crippen LogP contribution in [0.2, 0.25) is 0 Å². The van der Waals surface area contributed by atoms with Crippen molar-refractivity contribution in [2.75, 3.05) is 19.6 Å². The van der Waals surface area contributed by atoms with Crippen molar-refractivity contribution >= 4 is 23.2 Å². The summed E-state index contributed by atoms with van der Waals surface area (Å²) in [5.74, 6) is -0.136. The van der Waals surface area contributed by atoms with Gasteiger partial charge in [-0.25, -0.2) is 0 Å². The van der Waals surface area contributed by atoms with Crippen LogP contribution in [0.25, 0.3) is 0 Å². The third-order valence-electron chi connectivity index (χ3n) is 5.63. The first kappa shape index (κ1) is 20.0. The fourth-order valence-electron chi connectivity index (χ4n) is 4.12. The SMILES string of the molecule is O=C(c1cncs1)N1CC(=O)N(C2CCCCC2)CC(OCc2cccnc2)C1. The molecule has 0 aromatic carbocycles. The highest BCUT2D eigenvalue weighted by molar-refractivity contribution is 7.11. The van der Waals surface area contributed by atoms with Crippen LogP contribution in [0.5, 0.6) is 0 Å². The number of amides is 2. The zero-order valence-electron chi connectivity index (χ0n) is 16.4. The Hall–Kier alpha value is -2.32. The first-order valence-electron chi connectivity index (χ1n) is 10.2. The van der Waals surface area contributed by atoms with Crippen molar-refractivity contribution in [1.82, 2.24) is 19.8 Å². The molecule has 8 heteroatoms. The Balaban J connectivity index is 1.51. The average molecular weight is 415 g/mol.